The molecule has 0 aromatic carbocycles. The Bertz CT molecular complexity index is 164. The molecule has 0 aliphatic carbocycles. The van der Waals surface area contributed by atoms with Gasteiger partial charge < -0.3 is 14.8 Å². The van der Waals surface area contributed by atoms with Gasteiger partial charge in [0.25, 0.3) is 0 Å². The van der Waals surface area contributed by atoms with Gasteiger partial charge in [-0.05, 0) is 0 Å². The van der Waals surface area contributed by atoms with E-state index in [9.17, 15) is 4.79 Å². The van der Waals surface area contributed by atoms with Crippen LogP contribution >= 0.6 is 0 Å². The molecular formula is C9H17NO3. The van der Waals surface area contributed by atoms with E-state index < -0.39 is 0 Å². The molecule has 1 fully saturated rings. The SMILES string of the molecule is CC(C)C(=O)NCC1COCCO1. The average Bonchev–Trinajstić information content (AvgIpc) is 2.15. The third-order valence-corrected chi connectivity index (χ3v) is 1.91. The van der Waals surface area contributed by atoms with Crippen LogP contribution < -0.4 is 5.32 Å². The maximum absolute atomic E-state index is 11.2. The smallest absolute Gasteiger partial charge is 0.222 e. The number of amides is 1. The topological polar surface area (TPSA) is 47.6 Å². The van der Waals surface area contributed by atoms with Gasteiger partial charge in [0.15, 0.2) is 0 Å². The van der Waals surface area contributed by atoms with Gasteiger partial charge >= 0.3 is 0 Å². The summed E-state index contributed by atoms with van der Waals surface area (Å²) in [6.07, 6.45) is 0.0245. The van der Waals surface area contributed by atoms with Crippen molar-refractivity contribution in [3.63, 3.8) is 0 Å². The minimum atomic E-state index is 0.0245. The van der Waals surface area contributed by atoms with Crippen molar-refractivity contribution in [2.45, 2.75) is 20.0 Å². The second-order valence-electron chi connectivity index (χ2n) is 3.47. The third-order valence-electron chi connectivity index (χ3n) is 1.91. The van der Waals surface area contributed by atoms with Crippen LogP contribution in [0.15, 0.2) is 0 Å². The Kier molecular flexibility index (Phi) is 4.18. The van der Waals surface area contributed by atoms with E-state index in [-0.39, 0.29) is 17.9 Å². The molecule has 4 nitrogen and oxygen atoms in total. The highest BCUT2D eigenvalue weighted by atomic mass is 16.6. The first-order valence-electron chi connectivity index (χ1n) is 4.67. The van der Waals surface area contributed by atoms with Crippen LogP contribution in [0.4, 0.5) is 0 Å². The first-order chi connectivity index (χ1) is 6.20. The fourth-order valence-electron chi connectivity index (χ4n) is 1.07. The molecule has 0 spiro atoms. The van der Waals surface area contributed by atoms with E-state index in [1.165, 1.54) is 0 Å². The first-order valence-corrected chi connectivity index (χ1v) is 4.67. The van der Waals surface area contributed by atoms with Gasteiger partial charge in [-0.3, -0.25) is 4.79 Å². The van der Waals surface area contributed by atoms with Crippen molar-refractivity contribution in [3.8, 4) is 0 Å². The van der Waals surface area contributed by atoms with E-state index in [0.717, 1.165) is 0 Å². The molecule has 1 atom stereocenters. The number of rotatable bonds is 3. The molecule has 1 unspecified atom stereocenters. The van der Waals surface area contributed by atoms with Gasteiger partial charge in [0, 0.05) is 12.5 Å². The fraction of sp³-hybridized carbons (Fsp3) is 0.889. The monoisotopic (exact) mass is 187 g/mol. The van der Waals surface area contributed by atoms with Crippen LogP contribution in [0.2, 0.25) is 0 Å². The van der Waals surface area contributed by atoms with Crippen LogP contribution in [0.5, 0.6) is 0 Å². The van der Waals surface area contributed by atoms with Crippen molar-refractivity contribution in [2.24, 2.45) is 5.92 Å². The summed E-state index contributed by atoms with van der Waals surface area (Å²) in [4.78, 5) is 11.2. The molecule has 1 saturated heterocycles. The quantitative estimate of drug-likeness (QED) is 0.685. The lowest BCUT2D eigenvalue weighted by Gasteiger charge is -2.23. The number of hydrogen-bond donors (Lipinski definition) is 1. The number of carbonyl (C=O) groups excluding carboxylic acids is 1. The van der Waals surface area contributed by atoms with Crippen molar-refractivity contribution in [1.82, 2.24) is 5.32 Å². The van der Waals surface area contributed by atoms with Crippen LogP contribution in [0, 0.1) is 5.92 Å². The number of carbonyl (C=O) groups is 1. The third kappa shape index (κ3) is 3.74. The van der Waals surface area contributed by atoms with E-state index in [1.54, 1.807) is 0 Å². The van der Waals surface area contributed by atoms with Crippen molar-refractivity contribution in [1.29, 1.82) is 0 Å². The Morgan fingerprint density at radius 3 is 2.85 bits per heavy atom. The Morgan fingerprint density at radius 1 is 1.54 bits per heavy atom. The molecule has 0 aromatic heterocycles. The molecule has 1 heterocycles. The molecular weight excluding hydrogens is 170 g/mol. The minimum absolute atomic E-state index is 0.0245. The van der Waals surface area contributed by atoms with Crippen molar-refractivity contribution >= 4 is 5.91 Å². The molecule has 1 amide bonds. The highest BCUT2D eigenvalue weighted by Crippen LogP contribution is 1.99. The van der Waals surface area contributed by atoms with E-state index in [4.69, 9.17) is 9.47 Å². The van der Waals surface area contributed by atoms with Crippen molar-refractivity contribution in [3.05, 3.63) is 0 Å². The Hall–Kier alpha value is -0.610. The lowest BCUT2D eigenvalue weighted by molar-refractivity contribution is -0.126. The van der Waals surface area contributed by atoms with E-state index in [1.807, 2.05) is 13.8 Å². The van der Waals surface area contributed by atoms with Gasteiger partial charge in [-0.15, -0.1) is 0 Å². The molecule has 1 aliphatic rings. The van der Waals surface area contributed by atoms with E-state index in [0.29, 0.717) is 26.4 Å². The summed E-state index contributed by atoms with van der Waals surface area (Å²) < 4.78 is 10.6. The maximum atomic E-state index is 11.2. The summed E-state index contributed by atoms with van der Waals surface area (Å²) in [5.74, 6) is 0.0960. The molecule has 0 bridgehead atoms. The Balaban J connectivity index is 2.13. The van der Waals surface area contributed by atoms with Gasteiger partial charge in [0.05, 0.1) is 25.9 Å². The summed E-state index contributed by atoms with van der Waals surface area (Å²) in [7, 11) is 0. The van der Waals surface area contributed by atoms with Crippen molar-refractivity contribution in [2.75, 3.05) is 26.4 Å². The second kappa shape index (κ2) is 5.19. The molecule has 1 rings (SSSR count). The van der Waals surface area contributed by atoms with Gasteiger partial charge in [0.1, 0.15) is 0 Å². The standard InChI is InChI=1S/C9H17NO3/c1-7(2)9(11)10-5-8-6-12-3-4-13-8/h7-8H,3-6H2,1-2H3,(H,10,11). The van der Waals surface area contributed by atoms with Crippen LogP contribution in [0.1, 0.15) is 13.8 Å². The fourth-order valence-corrected chi connectivity index (χ4v) is 1.07. The average molecular weight is 187 g/mol. The van der Waals surface area contributed by atoms with Gasteiger partial charge in [0.2, 0.25) is 5.91 Å². The summed E-state index contributed by atoms with van der Waals surface area (Å²) >= 11 is 0. The maximum Gasteiger partial charge on any atom is 0.222 e. The summed E-state index contributed by atoms with van der Waals surface area (Å²) in [6.45, 7) is 6.16. The van der Waals surface area contributed by atoms with Crippen LogP contribution in [0.25, 0.3) is 0 Å². The molecule has 0 saturated carbocycles. The molecule has 0 radical (unpaired) electrons. The predicted octanol–water partition coefficient (Wildman–Crippen LogP) is 0.174. The summed E-state index contributed by atoms with van der Waals surface area (Å²) in [6, 6.07) is 0. The van der Waals surface area contributed by atoms with Gasteiger partial charge in [-0.1, -0.05) is 13.8 Å². The lowest BCUT2D eigenvalue weighted by Crippen LogP contribution is -2.40. The minimum Gasteiger partial charge on any atom is -0.376 e. The molecule has 13 heavy (non-hydrogen) atoms. The number of hydrogen-bond acceptors (Lipinski definition) is 3. The van der Waals surface area contributed by atoms with Crippen molar-refractivity contribution < 1.29 is 14.3 Å². The zero-order valence-electron chi connectivity index (χ0n) is 8.21. The second-order valence-corrected chi connectivity index (χ2v) is 3.47. The zero-order valence-corrected chi connectivity index (χ0v) is 8.21. The predicted molar refractivity (Wildman–Crippen MR) is 48.4 cm³/mol. The zero-order chi connectivity index (χ0) is 9.68. The Labute approximate surface area is 78.6 Å². The van der Waals surface area contributed by atoms with Gasteiger partial charge in [-0.2, -0.15) is 0 Å². The molecule has 4 heteroatoms. The van der Waals surface area contributed by atoms with E-state index >= 15 is 0 Å². The van der Waals surface area contributed by atoms with Crippen LogP contribution in [0.3, 0.4) is 0 Å². The molecule has 0 aromatic rings. The normalized spacial score (nSPS) is 23.2. The van der Waals surface area contributed by atoms with Crippen LogP contribution in [-0.2, 0) is 14.3 Å². The largest absolute Gasteiger partial charge is 0.376 e. The number of ether oxygens (including phenoxy) is 2. The number of nitrogens with one attached hydrogen (secondary N) is 1. The molecule has 1 N–H and O–H groups in total. The molecule has 1 aliphatic heterocycles. The highest BCUT2D eigenvalue weighted by Gasteiger charge is 2.15. The summed E-state index contributed by atoms with van der Waals surface area (Å²) in [5.41, 5.74) is 0. The summed E-state index contributed by atoms with van der Waals surface area (Å²) in [5, 5.41) is 2.81. The van der Waals surface area contributed by atoms with Crippen LogP contribution in [-0.4, -0.2) is 38.4 Å². The molecule has 76 valence electrons. The Morgan fingerprint density at radius 2 is 2.31 bits per heavy atom. The van der Waals surface area contributed by atoms with Gasteiger partial charge in [-0.25, -0.2) is 0 Å². The lowest BCUT2D eigenvalue weighted by atomic mass is 10.2. The first kappa shape index (κ1) is 10.5. The van der Waals surface area contributed by atoms with E-state index in [2.05, 4.69) is 5.32 Å². The highest BCUT2D eigenvalue weighted by molar-refractivity contribution is 5.77.